The first-order chi connectivity index (χ1) is 15.9. The van der Waals surface area contributed by atoms with Crippen LogP contribution in [0.5, 0.6) is 5.75 Å². The van der Waals surface area contributed by atoms with Crippen LogP contribution in [-0.2, 0) is 14.8 Å². The Morgan fingerprint density at radius 1 is 1.03 bits per heavy atom. The lowest BCUT2D eigenvalue weighted by Gasteiger charge is -2.25. The highest BCUT2D eigenvalue weighted by Gasteiger charge is 2.29. The fourth-order valence-electron chi connectivity index (χ4n) is 3.71. The number of sulfonamides is 1. The normalized spacial score (nSPS) is 14.7. The van der Waals surface area contributed by atoms with Crippen molar-refractivity contribution in [1.29, 1.82) is 0 Å². The minimum absolute atomic E-state index is 0.0253. The summed E-state index contributed by atoms with van der Waals surface area (Å²) < 4.78 is 33.8. The van der Waals surface area contributed by atoms with Gasteiger partial charge in [-0.2, -0.15) is 5.10 Å². The van der Waals surface area contributed by atoms with Gasteiger partial charge in [-0.3, -0.25) is 9.10 Å². The van der Waals surface area contributed by atoms with Crippen LogP contribution < -0.4 is 14.5 Å². The molecule has 0 spiro atoms. The van der Waals surface area contributed by atoms with Crippen LogP contribution in [0.2, 0.25) is 5.02 Å². The summed E-state index contributed by atoms with van der Waals surface area (Å²) in [7, 11) is -4.08. The average molecular weight is 492 g/mol. The fourth-order valence-corrected chi connectivity index (χ4v) is 5.26. The van der Waals surface area contributed by atoms with Gasteiger partial charge in [-0.1, -0.05) is 43.0 Å². The van der Waals surface area contributed by atoms with Gasteiger partial charge in [0.2, 0.25) is 0 Å². The number of amides is 1. The molecule has 1 N–H and O–H groups in total. The predicted octanol–water partition coefficient (Wildman–Crippen LogP) is 5.15. The van der Waals surface area contributed by atoms with E-state index in [0.717, 1.165) is 48.5 Å². The van der Waals surface area contributed by atoms with Crippen molar-refractivity contribution < 1.29 is 17.9 Å². The van der Waals surface area contributed by atoms with Crippen LogP contribution in [-0.4, -0.2) is 33.2 Å². The van der Waals surface area contributed by atoms with E-state index >= 15 is 0 Å². The first-order valence-corrected chi connectivity index (χ1v) is 13.1. The first-order valence-electron chi connectivity index (χ1n) is 11.3. The molecule has 178 valence electrons. The Hall–Kier alpha value is -2.58. The second-order valence-corrected chi connectivity index (χ2v) is 10.1. The van der Waals surface area contributed by atoms with Crippen LogP contribution in [0, 0.1) is 0 Å². The van der Waals surface area contributed by atoms with Gasteiger partial charge in [0.25, 0.3) is 15.9 Å². The zero-order valence-electron chi connectivity index (χ0n) is 18.8. The number of nitrogens with one attached hydrogen (secondary N) is 1. The highest BCUT2D eigenvalue weighted by Crippen LogP contribution is 2.32. The Morgan fingerprint density at radius 3 is 2.33 bits per heavy atom. The summed E-state index contributed by atoms with van der Waals surface area (Å²) in [6.07, 6.45) is 7.35. The third-order valence-corrected chi connectivity index (χ3v) is 7.42. The average Bonchev–Trinajstić information content (AvgIpc) is 2.78. The van der Waals surface area contributed by atoms with Gasteiger partial charge >= 0.3 is 0 Å². The van der Waals surface area contributed by atoms with Gasteiger partial charge in [0.15, 0.2) is 0 Å². The lowest BCUT2D eigenvalue weighted by atomic mass is 9.99. The molecular weight excluding hydrogens is 462 g/mol. The number of para-hydroxylation sites is 2. The maximum Gasteiger partial charge on any atom is 0.264 e. The Labute approximate surface area is 200 Å². The molecular formula is C24H30ClN3O4S. The Morgan fingerprint density at radius 2 is 1.67 bits per heavy atom. The standard InChI is InChI=1S/C24H30ClN3O4S/c1-2-32-23-13-9-8-12-22(23)28(33(30,31)21-16-14-19(25)15-17-21)18-24(29)27-26-20-10-6-4-3-5-7-11-20/h8-9,12-17H,2-7,10-11,18H2,1H3,(H,27,29). The Kier molecular flexibility index (Phi) is 9.14. The van der Waals surface area contributed by atoms with E-state index in [9.17, 15) is 13.2 Å². The predicted molar refractivity (Wildman–Crippen MR) is 131 cm³/mol. The molecule has 2 aromatic carbocycles. The van der Waals surface area contributed by atoms with Crippen molar-refractivity contribution in [3.63, 3.8) is 0 Å². The largest absolute Gasteiger partial charge is 0.492 e. The van der Waals surface area contributed by atoms with E-state index in [-0.39, 0.29) is 10.6 Å². The van der Waals surface area contributed by atoms with Crippen LogP contribution in [0.4, 0.5) is 5.69 Å². The smallest absolute Gasteiger partial charge is 0.264 e. The molecule has 9 heteroatoms. The number of carbonyl (C=O) groups is 1. The summed E-state index contributed by atoms with van der Waals surface area (Å²) in [5.41, 5.74) is 3.80. The van der Waals surface area contributed by atoms with Crippen molar-refractivity contribution in [2.24, 2.45) is 5.10 Å². The van der Waals surface area contributed by atoms with Crippen molar-refractivity contribution in [3.05, 3.63) is 53.6 Å². The number of hydrogen-bond acceptors (Lipinski definition) is 5. The number of anilines is 1. The van der Waals surface area contributed by atoms with E-state index in [2.05, 4.69) is 10.5 Å². The summed E-state index contributed by atoms with van der Waals surface area (Å²) in [4.78, 5) is 12.9. The van der Waals surface area contributed by atoms with Gasteiger partial charge in [0, 0.05) is 10.7 Å². The highest BCUT2D eigenvalue weighted by molar-refractivity contribution is 7.92. The number of hydrogen-bond donors (Lipinski definition) is 1. The van der Waals surface area contributed by atoms with Gasteiger partial charge in [-0.15, -0.1) is 0 Å². The van der Waals surface area contributed by atoms with E-state index < -0.39 is 22.5 Å². The van der Waals surface area contributed by atoms with E-state index in [1.54, 1.807) is 24.3 Å². The molecule has 0 atom stereocenters. The Balaban J connectivity index is 1.89. The number of hydrazone groups is 1. The monoisotopic (exact) mass is 491 g/mol. The molecule has 1 fully saturated rings. The second-order valence-electron chi connectivity index (χ2n) is 7.85. The zero-order valence-corrected chi connectivity index (χ0v) is 20.4. The van der Waals surface area contributed by atoms with Gasteiger partial charge < -0.3 is 4.74 Å². The molecule has 0 aromatic heterocycles. The molecule has 0 aliphatic heterocycles. The summed E-state index contributed by atoms with van der Waals surface area (Å²) in [5.74, 6) is -0.148. The number of rotatable bonds is 8. The number of nitrogens with zero attached hydrogens (tertiary/aromatic N) is 2. The molecule has 7 nitrogen and oxygen atoms in total. The quantitative estimate of drug-likeness (QED) is 0.517. The summed E-state index contributed by atoms with van der Waals surface area (Å²) in [6.45, 7) is 1.73. The van der Waals surface area contributed by atoms with Crippen molar-refractivity contribution in [3.8, 4) is 5.75 Å². The highest BCUT2D eigenvalue weighted by atomic mass is 35.5. The molecule has 0 radical (unpaired) electrons. The van der Waals surface area contributed by atoms with Crippen LogP contribution in [0.1, 0.15) is 51.9 Å². The number of carbonyl (C=O) groups excluding carboxylic acids is 1. The molecule has 0 unspecified atom stereocenters. The third-order valence-electron chi connectivity index (χ3n) is 5.39. The minimum Gasteiger partial charge on any atom is -0.492 e. The summed E-state index contributed by atoms with van der Waals surface area (Å²) in [5, 5.41) is 4.72. The molecule has 33 heavy (non-hydrogen) atoms. The van der Waals surface area contributed by atoms with Gasteiger partial charge in [-0.05, 0) is 69.0 Å². The topological polar surface area (TPSA) is 88.1 Å². The fraction of sp³-hybridized carbons (Fsp3) is 0.417. The zero-order chi connectivity index (χ0) is 23.7. The molecule has 0 bridgehead atoms. The maximum absolute atomic E-state index is 13.5. The molecule has 0 saturated heterocycles. The van der Waals surface area contributed by atoms with Crippen LogP contribution >= 0.6 is 11.6 Å². The number of halogens is 1. The molecule has 1 aliphatic rings. The lowest BCUT2D eigenvalue weighted by Crippen LogP contribution is -2.40. The van der Waals surface area contributed by atoms with Crippen molar-refractivity contribution in [1.82, 2.24) is 5.43 Å². The number of benzene rings is 2. The lowest BCUT2D eigenvalue weighted by molar-refractivity contribution is -0.119. The van der Waals surface area contributed by atoms with Gasteiger partial charge in [0.05, 0.1) is 17.2 Å². The number of ether oxygens (including phenoxy) is 1. The summed E-state index contributed by atoms with van der Waals surface area (Å²) >= 11 is 5.94. The van der Waals surface area contributed by atoms with E-state index in [0.29, 0.717) is 17.4 Å². The SMILES string of the molecule is CCOc1ccccc1N(CC(=O)NN=C1CCCCCCC1)S(=O)(=O)c1ccc(Cl)cc1. The van der Waals surface area contributed by atoms with Crippen molar-refractivity contribution in [2.75, 3.05) is 17.5 Å². The van der Waals surface area contributed by atoms with Crippen LogP contribution in [0.25, 0.3) is 0 Å². The van der Waals surface area contributed by atoms with Crippen molar-refractivity contribution >= 4 is 38.9 Å². The third kappa shape index (κ3) is 6.95. The van der Waals surface area contributed by atoms with E-state index in [4.69, 9.17) is 16.3 Å². The molecule has 2 aromatic rings. The van der Waals surface area contributed by atoms with Gasteiger partial charge in [0.1, 0.15) is 12.3 Å². The maximum atomic E-state index is 13.5. The molecule has 0 heterocycles. The molecule has 1 aliphatic carbocycles. The van der Waals surface area contributed by atoms with Crippen molar-refractivity contribution in [2.45, 2.75) is 56.8 Å². The van der Waals surface area contributed by atoms with Crippen LogP contribution in [0.3, 0.4) is 0 Å². The molecule has 3 rings (SSSR count). The minimum atomic E-state index is -4.08. The molecule has 1 amide bonds. The second kappa shape index (κ2) is 12.0. The van der Waals surface area contributed by atoms with Gasteiger partial charge in [-0.25, -0.2) is 13.8 Å². The molecule has 1 saturated carbocycles. The van der Waals surface area contributed by atoms with Crippen LogP contribution in [0.15, 0.2) is 58.5 Å². The van der Waals surface area contributed by atoms with E-state index in [1.807, 2.05) is 6.92 Å². The van der Waals surface area contributed by atoms with E-state index in [1.165, 1.54) is 30.7 Å². The first kappa shape index (κ1) is 25.1. The summed E-state index contributed by atoms with van der Waals surface area (Å²) in [6, 6.07) is 12.6. The Bertz CT molecular complexity index is 1060.